The van der Waals surface area contributed by atoms with Crippen LogP contribution in [0.5, 0.6) is 0 Å². The van der Waals surface area contributed by atoms with Crippen molar-refractivity contribution < 1.29 is 25.2 Å². The first-order valence-corrected chi connectivity index (χ1v) is 8.87. The molecule has 0 aromatic carbocycles. The van der Waals surface area contributed by atoms with E-state index in [2.05, 4.69) is 40.2 Å². The van der Waals surface area contributed by atoms with E-state index in [4.69, 9.17) is 4.12 Å². The van der Waals surface area contributed by atoms with Crippen LogP contribution in [0.2, 0.25) is 0 Å². The van der Waals surface area contributed by atoms with E-state index in [1.165, 1.54) is 0 Å². The summed E-state index contributed by atoms with van der Waals surface area (Å²) in [4.78, 5) is 0. The minimum Gasteiger partial charge on any atom is -0.443 e. The Labute approximate surface area is 117 Å². The molecule has 0 N–H and O–H groups in total. The van der Waals surface area contributed by atoms with Crippen LogP contribution in [0.25, 0.3) is 0 Å². The number of hydrogen-bond acceptors (Lipinski definition) is 1. The first-order valence-electron chi connectivity index (χ1n) is 4.59. The summed E-state index contributed by atoms with van der Waals surface area (Å²) in [5, 5.41) is 0. The van der Waals surface area contributed by atoms with Crippen molar-refractivity contribution in [1.29, 1.82) is 0 Å². The normalized spacial score (nSPS) is 11.1. The van der Waals surface area contributed by atoms with Gasteiger partial charge < -0.3 is 4.12 Å². The predicted octanol–water partition coefficient (Wildman–Crippen LogP) is 2.95. The van der Waals surface area contributed by atoms with E-state index in [0.717, 1.165) is 0 Å². The van der Waals surface area contributed by atoms with Gasteiger partial charge in [0.05, 0.1) is 0 Å². The van der Waals surface area contributed by atoms with Crippen LogP contribution >= 0.6 is 0 Å². The molecule has 0 bridgehead atoms. The van der Waals surface area contributed by atoms with Gasteiger partial charge in [0.1, 0.15) is 0 Å². The Morgan fingerprint density at radius 3 is 1.06 bits per heavy atom. The van der Waals surface area contributed by atoms with Crippen molar-refractivity contribution in [2.45, 2.75) is 0 Å². The molecular formula is C12H18OPtSi2. The van der Waals surface area contributed by atoms with Gasteiger partial charge >= 0.3 is 0 Å². The molecule has 0 aliphatic heterocycles. The van der Waals surface area contributed by atoms with Crippen molar-refractivity contribution in [3.05, 3.63) is 75.0 Å². The molecule has 0 unspecified atom stereocenters. The predicted molar refractivity (Wildman–Crippen MR) is 72.7 cm³/mol. The van der Waals surface area contributed by atoms with Crippen molar-refractivity contribution in [1.82, 2.24) is 0 Å². The van der Waals surface area contributed by atoms with Crippen molar-refractivity contribution in [2.24, 2.45) is 0 Å². The molecule has 0 amide bonds. The summed E-state index contributed by atoms with van der Waals surface area (Å²) < 4.78 is 6.09. The molecule has 4 radical (unpaired) electrons. The molecule has 0 fully saturated rings. The second-order valence-corrected chi connectivity index (χ2v) is 9.71. The SMILES string of the molecule is [CH2][CH][Si](C=C)(C=C)O[Si]([CH][CH2])(C=C)C=C.[Pt]. The average Bonchev–Trinajstić information content (AvgIpc) is 2.33. The van der Waals surface area contributed by atoms with Gasteiger partial charge in [-0.25, -0.2) is 0 Å². The van der Waals surface area contributed by atoms with E-state index in [9.17, 15) is 0 Å². The van der Waals surface area contributed by atoms with Crippen molar-refractivity contribution in [3.8, 4) is 0 Å². The van der Waals surface area contributed by atoms with Gasteiger partial charge in [-0.1, -0.05) is 22.8 Å². The molecule has 0 aromatic heterocycles. The molecule has 90 valence electrons. The summed E-state index contributed by atoms with van der Waals surface area (Å²) in [5.41, 5.74) is 7.13. The molecule has 0 saturated heterocycles. The molecule has 0 atom stereocenters. The fourth-order valence-electron chi connectivity index (χ4n) is 1.06. The van der Waals surface area contributed by atoms with Crippen molar-refractivity contribution >= 4 is 16.6 Å². The summed E-state index contributed by atoms with van der Waals surface area (Å²) in [7, 11) is -4.55. The minimum atomic E-state index is -2.28. The fraction of sp³-hybridized carbons (Fsp3) is 0. The third kappa shape index (κ3) is 4.13. The van der Waals surface area contributed by atoms with Gasteiger partial charge in [0.15, 0.2) is 0 Å². The summed E-state index contributed by atoms with van der Waals surface area (Å²) >= 11 is 0. The van der Waals surface area contributed by atoms with E-state index >= 15 is 0 Å². The molecule has 1 nitrogen and oxygen atoms in total. The monoisotopic (exact) mass is 429 g/mol. The standard InChI is InChI=1S/C12H18OSi2.Pt/c1-7-14(8-2,9-3)13-15(10-4,11-5)12-6;/h7-12H,1-6H2;. The van der Waals surface area contributed by atoms with Crippen molar-refractivity contribution in [2.75, 3.05) is 0 Å². The molecule has 0 heterocycles. The minimum absolute atomic E-state index is 0. The molecule has 0 aliphatic carbocycles. The molecule has 0 spiro atoms. The second kappa shape index (κ2) is 8.18. The van der Waals surface area contributed by atoms with Crippen LogP contribution in [0.1, 0.15) is 0 Å². The fourth-order valence-corrected chi connectivity index (χ4v) is 6.51. The number of hydrogen-bond donors (Lipinski definition) is 0. The first kappa shape index (κ1) is 18.4. The molecule has 0 aliphatic rings. The van der Waals surface area contributed by atoms with Gasteiger partial charge in [-0.15, -0.1) is 26.3 Å². The quantitative estimate of drug-likeness (QED) is 0.539. The maximum Gasteiger partial charge on any atom is 0.232 e. The average molecular weight is 430 g/mol. The van der Waals surface area contributed by atoms with Crippen LogP contribution < -0.4 is 0 Å². The maximum absolute atomic E-state index is 6.09. The zero-order valence-electron chi connectivity index (χ0n) is 9.43. The summed E-state index contributed by atoms with van der Waals surface area (Å²) in [6, 6.07) is 3.57. The molecule has 0 rings (SSSR count). The van der Waals surface area contributed by atoms with E-state index in [1.807, 2.05) is 0 Å². The van der Waals surface area contributed by atoms with Crippen LogP contribution in [0.15, 0.2) is 49.1 Å². The van der Waals surface area contributed by atoms with E-state index < -0.39 is 16.6 Å². The third-order valence-electron chi connectivity index (χ3n) is 2.27. The van der Waals surface area contributed by atoms with Gasteiger partial charge in [-0.3, -0.25) is 0 Å². The van der Waals surface area contributed by atoms with Crippen LogP contribution in [0.3, 0.4) is 0 Å². The second-order valence-electron chi connectivity index (χ2n) is 3.03. The maximum atomic E-state index is 6.09. The topological polar surface area (TPSA) is 9.23 Å². The van der Waals surface area contributed by atoms with Gasteiger partial charge in [0, 0.05) is 21.1 Å². The van der Waals surface area contributed by atoms with Gasteiger partial charge in [0.25, 0.3) is 0 Å². The van der Waals surface area contributed by atoms with Gasteiger partial charge in [-0.05, 0) is 25.9 Å². The van der Waals surface area contributed by atoms with Crippen LogP contribution in [0, 0.1) is 25.9 Å². The van der Waals surface area contributed by atoms with Crippen LogP contribution in [-0.2, 0) is 25.2 Å². The van der Waals surface area contributed by atoms with Crippen LogP contribution in [-0.4, -0.2) is 16.6 Å². The van der Waals surface area contributed by atoms with E-state index in [1.54, 1.807) is 34.9 Å². The zero-order valence-corrected chi connectivity index (χ0v) is 13.7. The Morgan fingerprint density at radius 2 is 0.938 bits per heavy atom. The third-order valence-corrected chi connectivity index (χ3v) is 8.92. The smallest absolute Gasteiger partial charge is 0.232 e. The summed E-state index contributed by atoms with van der Waals surface area (Å²) in [6.07, 6.45) is 0. The van der Waals surface area contributed by atoms with E-state index in [-0.39, 0.29) is 21.1 Å². The molecule has 4 heteroatoms. The Hall–Kier alpha value is 0.0421. The van der Waals surface area contributed by atoms with Crippen molar-refractivity contribution in [3.63, 3.8) is 0 Å². The van der Waals surface area contributed by atoms with Gasteiger partial charge in [-0.2, -0.15) is 0 Å². The zero-order chi connectivity index (χ0) is 11.9. The number of rotatable bonds is 8. The molecule has 16 heavy (non-hydrogen) atoms. The Kier molecular flexibility index (Phi) is 9.41. The molecule has 0 aromatic rings. The summed E-state index contributed by atoms with van der Waals surface area (Å²) in [6.45, 7) is 22.7. The Bertz CT molecular complexity index is 222. The molecule has 0 saturated carbocycles. The largest absolute Gasteiger partial charge is 0.443 e. The van der Waals surface area contributed by atoms with Gasteiger partial charge in [0.2, 0.25) is 16.6 Å². The summed E-state index contributed by atoms with van der Waals surface area (Å²) in [5.74, 6) is 0. The van der Waals surface area contributed by atoms with Crippen LogP contribution in [0.4, 0.5) is 0 Å². The Balaban J connectivity index is 0. The Morgan fingerprint density at radius 1 is 0.688 bits per heavy atom. The first-order chi connectivity index (χ1) is 7.07. The van der Waals surface area contributed by atoms with E-state index in [0.29, 0.717) is 0 Å². The molecular weight excluding hydrogens is 411 g/mol.